The molecule has 2 fully saturated rings. The molecule has 1 heterocycles. The van der Waals surface area contributed by atoms with Gasteiger partial charge in [0.2, 0.25) is 5.91 Å². The average molecular weight is 529 g/mol. The van der Waals surface area contributed by atoms with Crippen LogP contribution in [0, 0.1) is 6.92 Å². The monoisotopic (exact) mass is 529 g/mol. The standard InChI is InChI=1S/C22H35N5O2.HI/c1-4-23-22(24-15-18(3)29-20-8-6-5-7-17(20)2)27-13-11-26(12-14-27)16-21(28)25-19-9-10-19;/h5-8,18-19H,4,9-16H2,1-3H3,(H,23,24)(H,25,28);1H. The van der Waals surface area contributed by atoms with E-state index in [1.807, 2.05) is 18.2 Å². The molecule has 1 aliphatic carbocycles. The van der Waals surface area contributed by atoms with Crippen molar-refractivity contribution in [3.05, 3.63) is 29.8 Å². The number of para-hydroxylation sites is 1. The Kier molecular flexibility index (Phi) is 10.2. The summed E-state index contributed by atoms with van der Waals surface area (Å²) >= 11 is 0. The number of aryl methyl sites for hydroxylation is 1. The molecule has 0 spiro atoms. The molecule has 1 aromatic rings. The zero-order chi connectivity index (χ0) is 20.6. The number of nitrogens with one attached hydrogen (secondary N) is 2. The molecule has 0 radical (unpaired) electrons. The van der Waals surface area contributed by atoms with Crippen LogP contribution < -0.4 is 15.4 Å². The predicted octanol–water partition coefficient (Wildman–Crippen LogP) is 2.24. The summed E-state index contributed by atoms with van der Waals surface area (Å²) in [5.74, 6) is 2.00. The second kappa shape index (κ2) is 12.3. The number of rotatable bonds is 8. The van der Waals surface area contributed by atoms with Gasteiger partial charge in [0.05, 0.1) is 13.1 Å². The van der Waals surface area contributed by atoms with Crippen molar-refractivity contribution >= 4 is 35.8 Å². The van der Waals surface area contributed by atoms with Crippen LogP contribution in [0.25, 0.3) is 0 Å². The zero-order valence-corrected chi connectivity index (χ0v) is 20.7. The summed E-state index contributed by atoms with van der Waals surface area (Å²) < 4.78 is 6.05. The molecule has 1 aliphatic heterocycles. The summed E-state index contributed by atoms with van der Waals surface area (Å²) in [6, 6.07) is 8.50. The highest BCUT2D eigenvalue weighted by Crippen LogP contribution is 2.19. The van der Waals surface area contributed by atoms with Gasteiger partial charge in [-0.25, -0.2) is 4.99 Å². The van der Waals surface area contributed by atoms with Crippen molar-refractivity contribution in [2.24, 2.45) is 4.99 Å². The maximum Gasteiger partial charge on any atom is 0.234 e. The molecule has 0 aromatic heterocycles. The molecule has 1 aromatic carbocycles. The molecule has 7 nitrogen and oxygen atoms in total. The predicted molar refractivity (Wildman–Crippen MR) is 132 cm³/mol. The van der Waals surface area contributed by atoms with E-state index in [1.165, 1.54) is 0 Å². The average Bonchev–Trinajstić information content (AvgIpc) is 3.51. The first kappa shape index (κ1) is 24.7. The van der Waals surface area contributed by atoms with Gasteiger partial charge in [-0.15, -0.1) is 24.0 Å². The fourth-order valence-corrected chi connectivity index (χ4v) is 3.41. The number of benzene rings is 1. The molecule has 2 aliphatic rings. The largest absolute Gasteiger partial charge is 0.489 e. The number of ether oxygens (including phenoxy) is 1. The fraction of sp³-hybridized carbons (Fsp3) is 0.636. The maximum atomic E-state index is 12.0. The minimum Gasteiger partial charge on any atom is -0.489 e. The van der Waals surface area contributed by atoms with Crippen molar-refractivity contribution in [2.45, 2.75) is 45.8 Å². The first-order valence-corrected chi connectivity index (χ1v) is 10.8. The maximum absolute atomic E-state index is 12.0. The molecular weight excluding hydrogens is 493 g/mol. The topological polar surface area (TPSA) is 69.2 Å². The minimum atomic E-state index is -0.00262. The van der Waals surface area contributed by atoms with Crippen LogP contribution >= 0.6 is 24.0 Å². The molecule has 0 bridgehead atoms. The number of guanidine groups is 1. The van der Waals surface area contributed by atoms with Crippen LogP contribution in [-0.4, -0.2) is 79.6 Å². The number of carbonyl (C=O) groups is 1. The van der Waals surface area contributed by atoms with Gasteiger partial charge in [0, 0.05) is 38.8 Å². The van der Waals surface area contributed by atoms with Gasteiger partial charge in [0.15, 0.2) is 5.96 Å². The van der Waals surface area contributed by atoms with Gasteiger partial charge in [0.1, 0.15) is 11.9 Å². The van der Waals surface area contributed by atoms with Crippen LogP contribution in [0.15, 0.2) is 29.3 Å². The molecule has 2 N–H and O–H groups in total. The minimum absolute atomic E-state index is 0. The molecule has 1 saturated carbocycles. The van der Waals surface area contributed by atoms with Crippen molar-refractivity contribution in [3.63, 3.8) is 0 Å². The van der Waals surface area contributed by atoms with Crippen LogP contribution in [0.2, 0.25) is 0 Å². The van der Waals surface area contributed by atoms with Gasteiger partial charge in [-0.1, -0.05) is 18.2 Å². The van der Waals surface area contributed by atoms with E-state index in [4.69, 9.17) is 9.73 Å². The highest BCUT2D eigenvalue weighted by molar-refractivity contribution is 14.0. The Labute approximate surface area is 197 Å². The van der Waals surface area contributed by atoms with E-state index in [-0.39, 0.29) is 36.0 Å². The van der Waals surface area contributed by atoms with Gasteiger partial charge in [-0.2, -0.15) is 0 Å². The normalized spacial score (nSPS) is 18.4. The summed E-state index contributed by atoms with van der Waals surface area (Å²) in [6.07, 6.45) is 2.26. The van der Waals surface area contributed by atoms with Crippen LogP contribution in [0.3, 0.4) is 0 Å². The van der Waals surface area contributed by atoms with E-state index < -0.39 is 0 Å². The van der Waals surface area contributed by atoms with Crippen LogP contribution in [0.4, 0.5) is 0 Å². The SMILES string of the molecule is CCNC(=NCC(C)Oc1ccccc1C)N1CCN(CC(=O)NC2CC2)CC1.I. The van der Waals surface area contributed by atoms with Crippen molar-refractivity contribution in [1.29, 1.82) is 0 Å². The lowest BCUT2D eigenvalue weighted by atomic mass is 10.2. The third-order valence-corrected chi connectivity index (χ3v) is 5.24. The lowest BCUT2D eigenvalue weighted by molar-refractivity contribution is -0.122. The lowest BCUT2D eigenvalue weighted by Crippen LogP contribution is -2.54. The van der Waals surface area contributed by atoms with Crippen molar-refractivity contribution in [1.82, 2.24) is 20.4 Å². The summed E-state index contributed by atoms with van der Waals surface area (Å²) in [4.78, 5) is 21.3. The van der Waals surface area contributed by atoms with Gasteiger partial charge < -0.3 is 20.3 Å². The number of carbonyl (C=O) groups excluding carboxylic acids is 1. The number of aliphatic imine (C=N–C) groups is 1. The van der Waals surface area contributed by atoms with E-state index in [0.717, 1.165) is 62.8 Å². The molecule has 30 heavy (non-hydrogen) atoms. The van der Waals surface area contributed by atoms with E-state index in [0.29, 0.717) is 19.1 Å². The second-order valence-electron chi connectivity index (χ2n) is 7.99. The van der Waals surface area contributed by atoms with Crippen molar-refractivity contribution in [2.75, 3.05) is 45.8 Å². The van der Waals surface area contributed by atoms with Crippen LogP contribution in [-0.2, 0) is 4.79 Å². The summed E-state index contributed by atoms with van der Waals surface area (Å²) in [6.45, 7) is 11.6. The summed E-state index contributed by atoms with van der Waals surface area (Å²) in [7, 11) is 0. The Balaban J connectivity index is 0.00000320. The quantitative estimate of drug-likeness (QED) is 0.307. The van der Waals surface area contributed by atoms with E-state index in [2.05, 4.69) is 47.3 Å². The molecule has 1 saturated heterocycles. The Morgan fingerprint density at radius 2 is 1.93 bits per heavy atom. The van der Waals surface area contributed by atoms with E-state index >= 15 is 0 Å². The van der Waals surface area contributed by atoms with Crippen LogP contribution in [0.1, 0.15) is 32.3 Å². The zero-order valence-electron chi connectivity index (χ0n) is 18.4. The molecule has 3 rings (SSSR count). The Morgan fingerprint density at radius 3 is 2.57 bits per heavy atom. The first-order chi connectivity index (χ1) is 14.0. The number of hydrogen-bond acceptors (Lipinski definition) is 4. The summed E-state index contributed by atoms with van der Waals surface area (Å²) in [5.41, 5.74) is 1.14. The molecule has 1 atom stereocenters. The molecule has 8 heteroatoms. The second-order valence-corrected chi connectivity index (χ2v) is 7.99. The number of halogens is 1. The Morgan fingerprint density at radius 1 is 1.23 bits per heavy atom. The molecular formula is C22H36IN5O2. The van der Waals surface area contributed by atoms with E-state index in [1.54, 1.807) is 0 Å². The lowest BCUT2D eigenvalue weighted by Gasteiger charge is -2.36. The summed E-state index contributed by atoms with van der Waals surface area (Å²) in [5, 5.41) is 6.46. The van der Waals surface area contributed by atoms with Gasteiger partial charge in [-0.3, -0.25) is 9.69 Å². The third kappa shape index (κ3) is 7.94. The van der Waals surface area contributed by atoms with Gasteiger partial charge in [0.25, 0.3) is 0 Å². The number of nitrogens with zero attached hydrogens (tertiary/aromatic N) is 3. The fourth-order valence-electron chi connectivity index (χ4n) is 3.41. The van der Waals surface area contributed by atoms with Crippen molar-refractivity contribution < 1.29 is 9.53 Å². The number of amides is 1. The Hall–Kier alpha value is -1.55. The highest BCUT2D eigenvalue weighted by atomic mass is 127. The van der Waals surface area contributed by atoms with Gasteiger partial charge >= 0.3 is 0 Å². The molecule has 168 valence electrons. The van der Waals surface area contributed by atoms with E-state index in [9.17, 15) is 4.79 Å². The van der Waals surface area contributed by atoms with Crippen molar-refractivity contribution in [3.8, 4) is 5.75 Å². The smallest absolute Gasteiger partial charge is 0.234 e. The Bertz CT molecular complexity index is 703. The molecule has 1 amide bonds. The number of piperazine rings is 1. The first-order valence-electron chi connectivity index (χ1n) is 10.8. The third-order valence-electron chi connectivity index (χ3n) is 5.24. The van der Waals surface area contributed by atoms with Gasteiger partial charge in [-0.05, 0) is 45.2 Å². The highest BCUT2D eigenvalue weighted by Gasteiger charge is 2.26. The molecule has 1 unspecified atom stereocenters. The van der Waals surface area contributed by atoms with Crippen LogP contribution in [0.5, 0.6) is 5.75 Å². The number of hydrogen-bond donors (Lipinski definition) is 2.